The predicted molar refractivity (Wildman–Crippen MR) is 85.0 cm³/mol. The lowest BCUT2D eigenvalue weighted by Gasteiger charge is -2.38. The molecule has 1 amide bonds. The van der Waals surface area contributed by atoms with Crippen molar-refractivity contribution in [2.45, 2.75) is 64.1 Å². The molecule has 0 radical (unpaired) electrons. The quantitative estimate of drug-likeness (QED) is 0.923. The number of aryl methyl sites for hydroxylation is 1. The van der Waals surface area contributed by atoms with Crippen molar-refractivity contribution in [2.24, 2.45) is 0 Å². The van der Waals surface area contributed by atoms with Crippen LogP contribution in [0.15, 0.2) is 24.3 Å². The molecule has 1 aliphatic heterocycles. The van der Waals surface area contributed by atoms with E-state index in [1.807, 2.05) is 0 Å². The Morgan fingerprint density at radius 2 is 2.19 bits per heavy atom. The fourth-order valence-corrected chi connectivity index (χ4v) is 3.32. The van der Waals surface area contributed by atoms with E-state index in [1.54, 1.807) is 0 Å². The van der Waals surface area contributed by atoms with Gasteiger partial charge in [-0.15, -0.1) is 0 Å². The Hall–Kier alpha value is -1.35. The third kappa shape index (κ3) is 3.29. The molecule has 1 heterocycles. The molecular weight excluding hydrogens is 260 g/mol. The minimum atomic E-state index is -0.356. The van der Waals surface area contributed by atoms with Crippen LogP contribution in [0.4, 0.5) is 0 Å². The van der Waals surface area contributed by atoms with E-state index >= 15 is 0 Å². The molecule has 1 aliphatic carbocycles. The van der Waals surface area contributed by atoms with Crippen molar-refractivity contribution in [1.29, 1.82) is 0 Å². The van der Waals surface area contributed by atoms with Crippen LogP contribution in [0.1, 0.15) is 50.2 Å². The summed E-state index contributed by atoms with van der Waals surface area (Å²) < 4.78 is 0. The number of nitrogens with one attached hydrogen (secondary N) is 1. The van der Waals surface area contributed by atoms with Gasteiger partial charge in [0, 0.05) is 12.6 Å². The van der Waals surface area contributed by atoms with Gasteiger partial charge in [0.05, 0.1) is 5.54 Å². The van der Waals surface area contributed by atoms with Crippen molar-refractivity contribution in [3.8, 4) is 0 Å². The summed E-state index contributed by atoms with van der Waals surface area (Å²) >= 11 is 0. The molecule has 114 valence electrons. The third-order valence-electron chi connectivity index (χ3n) is 4.77. The summed E-state index contributed by atoms with van der Waals surface area (Å²) in [5, 5.41) is 3.46. The maximum atomic E-state index is 13.1. The van der Waals surface area contributed by atoms with Crippen molar-refractivity contribution in [3.63, 3.8) is 0 Å². The number of benzene rings is 1. The average Bonchev–Trinajstić information content (AvgIpc) is 3.29. The van der Waals surface area contributed by atoms with Crippen LogP contribution in [0.5, 0.6) is 0 Å². The number of nitrogens with zero attached hydrogens (tertiary/aromatic N) is 1. The zero-order valence-electron chi connectivity index (χ0n) is 13.2. The Morgan fingerprint density at radius 1 is 1.38 bits per heavy atom. The lowest BCUT2D eigenvalue weighted by molar-refractivity contribution is -0.140. The molecule has 1 aromatic rings. The minimum absolute atomic E-state index is 0.297. The van der Waals surface area contributed by atoms with Gasteiger partial charge >= 0.3 is 0 Å². The summed E-state index contributed by atoms with van der Waals surface area (Å²) in [6, 6.07) is 8.97. The second-order valence-corrected chi connectivity index (χ2v) is 6.87. The van der Waals surface area contributed by atoms with E-state index in [2.05, 4.69) is 48.3 Å². The van der Waals surface area contributed by atoms with Crippen molar-refractivity contribution in [1.82, 2.24) is 10.2 Å². The van der Waals surface area contributed by atoms with Crippen LogP contribution in [-0.4, -0.2) is 28.9 Å². The number of piperidine rings is 1. The monoisotopic (exact) mass is 286 g/mol. The van der Waals surface area contributed by atoms with Crippen LogP contribution in [0.3, 0.4) is 0 Å². The van der Waals surface area contributed by atoms with Gasteiger partial charge in [-0.05, 0) is 58.1 Å². The van der Waals surface area contributed by atoms with Crippen molar-refractivity contribution in [2.75, 3.05) is 6.54 Å². The van der Waals surface area contributed by atoms with Gasteiger partial charge < -0.3 is 10.2 Å². The first-order chi connectivity index (χ1) is 10.1. The fraction of sp³-hybridized carbons (Fsp3) is 0.611. The summed E-state index contributed by atoms with van der Waals surface area (Å²) in [4.78, 5) is 15.2. The molecule has 2 aliphatic rings. The highest BCUT2D eigenvalue weighted by atomic mass is 16.2. The molecule has 1 saturated heterocycles. The van der Waals surface area contributed by atoms with Gasteiger partial charge in [0.1, 0.15) is 0 Å². The van der Waals surface area contributed by atoms with E-state index in [1.165, 1.54) is 17.5 Å². The molecule has 1 unspecified atom stereocenters. The molecule has 3 rings (SSSR count). The molecule has 2 fully saturated rings. The maximum Gasteiger partial charge on any atom is 0.243 e. The number of carbonyl (C=O) groups excluding carboxylic acids is 1. The normalized spacial score (nSPS) is 25.6. The predicted octanol–water partition coefficient (Wildman–Crippen LogP) is 3.02. The van der Waals surface area contributed by atoms with Crippen molar-refractivity contribution < 1.29 is 4.79 Å². The van der Waals surface area contributed by atoms with Gasteiger partial charge in [0.2, 0.25) is 5.91 Å². The minimum Gasteiger partial charge on any atom is -0.334 e. The first-order valence-electron chi connectivity index (χ1n) is 8.20. The van der Waals surface area contributed by atoms with Crippen LogP contribution >= 0.6 is 0 Å². The second-order valence-electron chi connectivity index (χ2n) is 6.87. The molecule has 1 aromatic carbocycles. The van der Waals surface area contributed by atoms with Gasteiger partial charge in [0.15, 0.2) is 0 Å². The number of hydrogen-bond donors (Lipinski definition) is 1. The fourth-order valence-electron chi connectivity index (χ4n) is 3.32. The van der Waals surface area contributed by atoms with Crippen molar-refractivity contribution >= 4 is 5.91 Å². The molecule has 1 N–H and O–H groups in total. The Kier molecular flexibility index (Phi) is 4.03. The molecule has 3 nitrogen and oxygen atoms in total. The lowest BCUT2D eigenvalue weighted by Crippen LogP contribution is -2.58. The van der Waals surface area contributed by atoms with E-state index in [9.17, 15) is 4.79 Å². The van der Waals surface area contributed by atoms with E-state index in [0.717, 1.165) is 38.8 Å². The van der Waals surface area contributed by atoms with Gasteiger partial charge in [-0.2, -0.15) is 0 Å². The Morgan fingerprint density at radius 3 is 2.81 bits per heavy atom. The molecule has 1 atom stereocenters. The first kappa shape index (κ1) is 14.6. The highest BCUT2D eigenvalue weighted by Crippen LogP contribution is 2.32. The van der Waals surface area contributed by atoms with Crippen LogP contribution in [0.2, 0.25) is 0 Å². The van der Waals surface area contributed by atoms with Crippen LogP contribution in [-0.2, 0) is 11.3 Å². The average molecular weight is 286 g/mol. The molecule has 3 heteroatoms. The SMILES string of the molecule is Cc1cccc(CN(C(=O)C2(C)CCCCN2)C2CC2)c1. The standard InChI is InChI=1S/C18H26N2O/c1-14-6-5-7-15(12-14)13-20(16-8-9-16)17(21)18(2)10-3-4-11-19-18/h5-7,12,16,19H,3-4,8-11,13H2,1-2H3. The largest absolute Gasteiger partial charge is 0.334 e. The van der Waals surface area contributed by atoms with Crippen LogP contribution in [0.25, 0.3) is 0 Å². The maximum absolute atomic E-state index is 13.1. The van der Waals surface area contributed by atoms with Crippen LogP contribution in [0, 0.1) is 6.92 Å². The Balaban J connectivity index is 1.76. The Labute approximate surface area is 127 Å². The number of hydrogen-bond acceptors (Lipinski definition) is 2. The van der Waals surface area contributed by atoms with E-state index < -0.39 is 0 Å². The Bertz CT molecular complexity index is 516. The van der Waals surface area contributed by atoms with E-state index in [0.29, 0.717) is 11.9 Å². The summed E-state index contributed by atoms with van der Waals surface area (Å²) in [7, 11) is 0. The summed E-state index contributed by atoms with van der Waals surface area (Å²) in [6.45, 7) is 5.91. The molecule has 0 aromatic heterocycles. The topological polar surface area (TPSA) is 32.3 Å². The summed E-state index contributed by atoms with van der Waals surface area (Å²) in [6.07, 6.45) is 5.62. The van der Waals surface area contributed by atoms with Gasteiger partial charge in [0.25, 0.3) is 0 Å². The number of carbonyl (C=O) groups is 1. The van der Waals surface area contributed by atoms with E-state index in [4.69, 9.17) is 0 Å². The van der Waals surface area contributed by atoms with Gasteiger partial charge in [-0.1, -0.05) is 29.8 Å². The van der Waals surface area contributed by atoms with Gasteiger partial charge in [-0.3, -0.25) is 4.79 Å². The zero-order valence-corrected chi connectivity index (χ0v) is 13.2. The molecular formula is C18H26N2O. The smallest absolute Gasteiger partial charge is 0.243 e. The number of amides is 1. The molecule has 0 spiro atoms. The van der Waals surface area contributed by atoms with Crippen molar-refractivity contribution in [3.05, 3.63) is 35.4 Å². The van der Waals surface area contributed by atoms with Gasteiger partial charge in [-0.25, -0.2) is 0 Å². The third-order valence-corrected chi connectivity index (χ3v) is 4.77. The lowest BCUT2D eigenvalue weighted by atomic mass is 9.89. The summed E-state index contributed by atoms with van der Waals surface area (Å²) in [5.74, 6) is 0.297. The molecule has 21 heavy (non-hydrogen) atoms. The zero-order chi connectivity index (χ0) is 14.9. The summed E-state index contributed by atoms with van der Waals surface area (Å²) in [5.41, 5.74) is 2.15. The highest BCUT2D eigenvalue weighted by molar-refractivity contribution is 5.86. The second kappa shape index (κ2) is 5.80. The molecule has 0 bridgehead atoms. The highest BCUT2D eigenvalue weighted by Gasteiger charge is 2.42. The first-order valence-corrected chi connectivity index (χ1v) is 8.20. The molecule has 1 saturated carbocycles. The number of rotatable bonds is 4. The van der Waals surface area contributed by atoms with Crippen LogP contribution < -0.4 is 5.32 Å². The van der Waals surface area contributed by atoms with E-state index in [-0.39, 0.29) is 5.54 Å².